The van der Waals surface area contributed by atoms with Crippen molar-refractivity contribution in [3.05, 3.63) is 29.8 Å². The summed E-state index contributed by atoms with van der Waals surface area (Å²) in [5.74, 6) is 0.752. The minimum absolute atomic E-state index is 0.0294. The number of methoxy groups -OCH3 is 1. The molecule has 1 N–H and O–H groups in total. The van der Waals surface area contributed by atoms with Gasteiger partial charge < -0.3 is 24.6 Å². The summed E-state index contributed by atoms with van der Waals surface area (Å²) >= 11 is 0. The number of amides is 2. The Bertz CT molecular complexity index is 651. The maximum Gasteiger partial charge on any atom is 0.251 e. The number of ether oxygens (including phenoxy) is 2. The van der Waals surface area contributed by atoms with Gasteiger partial charge in [0.05, 0.1) is 0 Å². The number of piperidine rings is 1. The largest absolute Gasteiger partial charge is 0.490 e. The maximum atomic E-state index is 12.3. The summed E-state index contributed by atoms with van der Waals surface area (Å²) < 4.78 is 10.9. The summed E-state index contributed by atoms with van der Waals surface area (Å²) in [5.41, 5.74) is 0.651. The molecule has 7 heteroatoms. The van der Waals surface area contributed by atoms with Gasteiger partial charge in [-0.3, -0.25) is 9.59 Å². The minimum atomic E-state index is -0.0389. The molecule has 2 aliphatic rings. The van der Waals surface area contributed by atoms with E-state index >= 15 is 0 Å². The zero-order chi connectivity index (χ0) is 20.5. The van der Waals surface area contributed by atoms with E-state index < -0.39 is 0 Å². The van der Waals surface area contributed by atoms with E-state index in [0.29, 0.717) is 25.2 Å². The van der Waals surface area contributed by atoms with E-state index in [1.54, 1.807) is 0 Å². The Kier molecular flexibility index (Phi) is 8.31. The lowest BCUT2D eigenvalue weighted by Gasteiger charge is -2.32. The van der Waals surface area contributed by atoms with Crippen LogP contribution in [0.5, 0.6) is 5.75 Å². The lowest BCUT2D eigenvalue weighted by Crippen LogP contribution is -2.43. The normalized spacial score (nSPS) is 18.0. The highest BCUT2D eigenvalue weighted by Gasteiger charge is 2.23. The van der Waals surface area contributed by atoms with E-state index in [1.165, 1.54) is 33.0 Å². The highest BCUT2D eigenvalue weighted by Crippen LogP contribution is 2.20. The number of carbonyl (C=O) groups is 2. The van der Waals surface area contributed by atoms with Crippen LogP contribution in [-0.4, -0.2) is 80.7 Å². The summed E-state index contributed by atoms with van der Waals surface area (Å²) in [5, 5.41) is 3.00. The second kappa shape index (κ2) is 11.2. The third kappa shape index (κ3) is 6.72. The minimum Gasteiger partial charge on any atom is -0.490 e. The summed E-state index contributed by atoms with van der Waals surface area (Å²) in [6, 6.07) is 7.31. The Labute approximate surface area is 173 Å². The third-order valence-corrected chi connectivity index (χ3v) is 5.62. The zero-order valence-electron chi connectivity index (χ0n) is 17.4. The Hall–Kier alpha value is -2.12. The van der Waals surface area contributed by atoms with Crippen LogP contribution in [-0.2, 0) is 9.53 Å². The van der Waals surface area contributed by atoms with E-state index in [9.17, 15) is 9.59 Å². The second-order valence-corrected chi connectivity index (χ2v) is 7.81. The average Bonchev–Trinajstić information content (AvgIpc) is 3.26. The van der Waals surface area contributed by atoms with Gasteiger partial charge in [-0.25, -0.2) is 0 Å². The van der Waals surface area contributed by atoms with Gasteiger partial charge in [0.15, 0.2) is 0 Å². The maximum absolute atomic E-state index is 12.3. The molecular formula is C22H33N3O4. The van der Waals surface area contributed by atoms with Gasteiger partial charge in [0.1, 0.15) is 18.5 Å². The van der Waals surface area contributed by atoms with E-state index in [-0.39, 0.29) is 24.5 Å². The topological polar surface area (TPSA) is 71.1 Å². The van der Waals surface area contributed by atoms with Crippen LogP contribution >= 0.6 is 0 Å². The number of likely N-dealkylation sites (tertiary alicyclic amines) is 2. The molecule has 0 atom stereocenters. The molecule has 0 spiro atoms. The summed E-state index contributed by atoms with van der Waals surface area (Å²) in [6.45, 7) is 5.65. The number of hydrogen-bond acceptors (Lipinski definition) is 5. The fourth-order valence-electron chi connectivity index (χ4n) is 3.93. The number of rotatable bonds is 9. The predicted octanol–water partition coefficient (Wildman–Crippen LogP) is 1.92. The number of benzene rings is 1. The van der Waals surface area contributed by atoms with Crippen LogP contribution in [0, 0.1) is 0 Å². The van der Waals surface area contributed by atoms with Gasteiger partial charge in [-0.2, -0.15) is 0 Å². The summed E-state index contributed by atoms with van der Waals surface area (Å²) in [6.07, 6.45) is 5.27. The van der Waals surface area contributed by atoms with E-state index in [0.717, 1.165) is 31.6 Å². The molecule has 0 radical (unpaired) electrons. The van der Waals surface area contributed by atoms with E-state index in [4.69, 9.17) is 9.47 Å². The van der Waals surface area contributed by atoms with Crippen LogP contribution in [0.3, 0.4) is 0 Å². The molecule has 29 heavy (non-hydrogen) atoms. The molecule has 0 bridgehead atoms. The van der Waals surface area contributed by atoms with E-state index in [2.05, 4.69) is 10.2 Å². The van der Waals surface area contributed by atoms with Crippen molar-refractivity contribution in [3.8, 4) is 5.75 Å². The molecule has 0 aliphatic carbocycles. The van der Waals surface area contributed by atoms with Crippen molar-refractivity contribution < 1.29 is 19.1 Å². The van der Waals surface area contributed by atoms with Crippen LogP contribution in [0.2, 0.25) is 0 Å². The van der Waals surface area contributed by atoms with Crippen LogP contribution in [0.4, 0.5) is 0 Å². The van der Waals surface area contributed by atoms with Crippen molar-refractivity contribution in [2.75, 3.05) is 53.0 Å². The first-order valence-corrected chi connectivity index (χ1v) is 10.7. The Morgan fingerprint density at radius 1 is 1.07 bits per heavy atom. The van der Waals surface area contributed by atoms with Crippen molar-refractivity contribution in [3.63, 3.8) is 0 Å². The van der Waals surface area contributed by atoms with Gasteiger partial charge >= 0.3 is 0 Å². The van der Waals surface area contributed by atoms with Crippen LogP contribution in [0.1, 0.15) is 42.5 Å². The predicted molar refractivity (Wildman–Crippen MR) is 111 cm³/mol. The van der Waals surface area contributed by atoms with Gasteiger partial charge in [0.25, 0.3) is 5.91 Å². The van der Waals surface area contributed by atoms with Crippen molar-refractivity contribution in [2.45, 2.75) is 38.2 Å². The molecule has 2 amide bonds. The van der Waals surface area contributed by atoms with Crippen molar-refractivity contribution in [2.24, 2.45) is 0 Å². The molecule has 0 unspecified atom stereocenters. The fraction of sp³-hybridized carbons (Fsp3) is 0.636. The second-order valence-electron chi connectivity index (χ2n) is 7.81. The molecule has 2 heterocycles. The molecule has 2 saturated heterocycles. The Morgan fingerprint density at radius 3 is 2.41 bits per heavy atom. The lowest BCUT2D eigenvalue weighted by atomic mass is 10.1. The smallest absolute Gasteiger partial charge is 0.251 e. The first-order chi connectivity index (χ1) is 14.2. The molecule has 2 fully saturated rings. The van der Waals surface area contributed by atoms with Gasteiger partial charge in [-0.15, -0.1) is 0 Å². The van der Waals surface area contributed by atoms with Crippen molar-refractivity contribution in [1.29, 1.82) is 0 Å². The summed E-state index contributed by atoms with van der Waals surface area (Å²) in [7, 11) is 1.53. The quantitative estimate of drug-likeness (QED) is 0.638. The zero-order valence-corrected chi connectivity index (χ0v) is 17.4. The Morgan fingerprint density at radius 2 is 1.76 bits per heavy atom. The molecule has 2 aliphatic heterocycles. The molecule has 7 nitrogen and oxygen atoms in total. The molecule has 3 rings (SSSR count). The van der Waals surface area contributed by atoms with Gasteiger partial charge in [-0.1, -0.05) is 0 Å². The number of nitrogens with zero attached hydrogens (tertiary/aromatic N) is 2. The molecular weight excluding hydrogens is 370 g/mol. The first-order valence-electron chi connectivity index (χ1n) is 10.7. The highest BCUT2D eigenvalue weighted by molar-refractivity contribution is 5.94. The first kappa shape index (κ1) is 21.6. The van der Waals surface area contributed by atoms with Crippen LogP contribution in [0.25, 0.3) is 0 Å². The van der Waals surface area contributed by atoms with Gasteiger partial charge in [-0.05, 0) is 63.2 Å². The molecule has 0 saturated carbocycles. The molecule has 1 aromatic carbocycles. The van der Waals surface area contributed by atoms with Crippen molar-refractivity contribution in [1.82, 2.24) is 15.1 Å². The SMILES string of the molecule is COCC(=O)N1CCC(Oc2ccc(C(=O)NCCCN3CCCC3)cc2)CC1. The average molecular weight is 404 g/mol. The highest BCUT2D eigenvalue weighted by atomic mass is 16.5. The van der Waals surface area contributed by atoms with Crippen LogP contribution in [0.15, 0.2) is 24.3 Å². The van der Waals surface area contributed by atoms with E-state index in [1.807, 2.05) is 29.2 Å². The monoisotopic (exact) mass is 403 g/mol. The summed E-state index contributed by atoms with van der Waals surface area (Å²) in [4.78, 5) is 28.4. The number of carbonyl (C=O) groups excluding carboxylic acids is 2. The molecule has 160 valence electrons. The third-order valence-electron chi connectivity index (χ3n) is 5.62. The number of nitrogens with one attached hydrogen (secondary N) is 1. The van der Waals surface area contributed by atoms with Gasteiger partial charge in [0, 0.05) is 45.1 Å². The Balaban J connectivity index is 1.36. The van der Waals surface area contributed by atoms with Crippen LogP contribution < -0.4 is 10.1 Å². The lowest BCUT2D eigenvalue weighted by molar-refractivity contribution is -0.136. The number of hydrogen-bond donors (Lipinski definition) is 1. The molecule has 1 aromatic rings. The standard InChI is InChI=1S/C22H33N3O4/c1-28-17-21(26)25-15-9-20(10-16-25)29-19-7-5-18(6-8-19)22(27)23-11-4-14-24-12-2-3-13-24/h5-8,20H,2-4,9-17H2,1H3,(H,23,27). The fourth-order valence-corrected chi connectivity index (χ4v) is 3.93. The molecule has 0 aromatic heterocycles. The van der Waals surface area contributed by atoms with Crippen molar-refractivity contribution >= 4 is 11.8 Å². The van der Waals surface area contributed by atoms with Gasteiger partial charge in [0.2, 0.25) is 5.91 Å².